The second kappa shape index (κ2) is 4.83. The van der Waals surface area contributed by atoms with Crippen LogP contribution < -0.4 is 0 Å². The maximum atomic E-state index is 8.87. The van der Waals surface area contributed by atoms with Gasteiger partial charge in [-0.15, -0.1) is 0 Å². The Morgan fingerprint density at radius 2 is 2.17 bits per heavy atom. The average molecular weight is 171 g/mol. The van der Waals surface area contributed by atoms with E-state index in [1.54, 1.807) is 0 Å². The molecule has 0 aliphatic heterocycles. The molecule has 2 nitrogen and oxygen atoms in total. The molecule has 72 valence electrons. The molecule has 0 aromatic carbocycles. The number of aliphatic hydroxyl groups excluding tert-OH is 1. The third kappa shape index (κ3) is 2.20. The maximum absolute atomic E-state index is 8.87. The van der Waals surface area contributed by atoms with Crippen molar-refractivity contribution in [2.24, 2.45) is 5.92 Å². The van der Waals surface area contributed by atoms with E-state index in [4.69, 9.17) is 5.11 Å². The molecule has 1 rings (SSSR count). The smallest absolute Gasteiger partial charge is 0.0558 e. The summed E-state index contributed by atoms with van der Waals surface area (Å²) in [6, 6.07) is 0.738. The molecule has 0 bridgehead atoms. The van der Waals surface area contributed by atoms with Crippen LogP contribution in [-0.2, 0) is 0 Å². The van der Waals surface area contributed by atoms with Crippen LogP contribution in [0.5, 0.6) is 0 Å². The minimum absolute atomic E-state index is 0.303. The van der Waals surface area contributed by atoms with Crippen LogP contribution in [0.2, 0.25) is 0 Å². The molecule has 0 heterocycles. The van der Waals surface area contributed by atoms with Crippen LogP contribution in [0, 0.1) is 5.92 Å². The molecule has 2 heteroatoms. The highest BCUT2D eigenvalue weighted by Gasteiger charge is 2.27. The van der Waals surface area contributed by atoms with Gasteiger partial charge in [0, 0.05) is 12.6 Å². The molecule has 0 spiro atoms. The van der Waals surface area contributed by atoms with Gasteiger partial charge >= 0.3 is 0 Å². The molecule has 0 amide bonds. The maximum Gasteiger partial charge on any atom is 0.0558 e. The second-order valence-electron chi connectivity index (χ2n) is 3.83. The van der Waals surface area contributed by atoms with E-state index in [-0.39, 0.29) is 0 Å². The normalized spacial score (nSPS) is 30.0. The fourth-order valence-corrected chi connectivity index (χ4v) is 2.36. The van der Waals surface area contributed by atoms with E-state index in [9.17, 15) is 0 Å². The number of nitrogens with zero attached hydrogens (tertiary/aromatic N) is 1. The summed E-state index contributed by atoms with van der Waals surface area (Å²) in [6.45, 7) is 6.75. The van der Waals surface area contributed by atoms with Gasteiger partial charge in [-0.05, 0) is 25.3 Å². The highest BCUT2D eigenvalue weighted by Crippen LogP contribution is 2.28. The number of aliphatic hydroxyl groups is 1. The highest BCUT2D eigenvalue weighted by molar-refractivity contribution is 4.82. The Labute approximate surface area is 75.6 Å². The SMILES string of the molecule is CCN(CCO)[C@@H]1CCC[C@@H]1C. The topological polar surface area (TPSA) is 23.5 Å². The number of hydrogen-bond acceptors (Lipinski definition) is 2. The monoisotopic (exact) mass is 171 g/mol. The van der Waals surface area contributed by atoms with Crippen molar-refractivity contribution in [3.63, 3.8) is 0 Å². The Hall–Kier alpha value is -0.0800. The van der Waals surface area contributed by atoms with Crippen LogP contribution in [0.1, 0.15) is 33.1 Å². The van der Waals surface area contributed by atoms with Crippen molar-refractivity contribution in [3.05, 3.63) is 0 Å². The van der Waals surface area contributed by atoms with Crippen LogP contribution in [-0.4, -0.2) is 35.7 Å². The summed E-state index contributed by atoms with van der Waals surface area (Å²) >= 11 is 0. The third-order valence-corrected chi connectivity index (χ3v) is 3.08. The molecule has 0 saturated heterocycles. The molecule has 0 aromatic rings. The summed E-state index contributed by atoms with van der Waals surface area (Å²) in [7, 11) is 0. The lowest BCUT2D eigenvalue weighted by Gasteiger charge is -2.29. The van der Waals surface area contributed by atoms with Crippen molar-refractivity contribution in [2.75, 3.05) is 19.7 Å². The first-order valence-electron chi connectivity index (χ1n) is 5.14. The molecule has 0 radical (unpaired) electrons. The van der Waals surface area contributed by atoms with Gasteiger partial charge in [0.2, 0.25) is 0 Å². The van der Waals surface area contributed by atoms with E-state index < -0.39 is 0 Å². The van der Waals surface area contributed by atoms with Crippen molar-refractivity contribution in [3.8, 4) is 0 Å². The van der Waals surface area contributed by atoms with Gasteiger partial charge in [0.05, 0.1) is 6.61 Å². The largest absolute Gasteiger partial charge is 0.395 e. The van der Waals surface area contributed by atoms with Crippen LogP contribution in [0.25, 0.3) is 0 Å². The Balaban J connectivity index is 2.41. The molecule has 1 aliphatic carbocycles. The van der Waals surface area contributed by atoms with Gasteiger partial charge < -0.3 is 5.11 Å². The Morgan fingerprint density at radius 1 is 1.42 bits per heavy atom. The summed E-state index contributed by atoms with van der Waals surface area (Å²) < 4.78 is 0. The van der Waals surface area contributed by atoms with E-state index >= 15 is 0 Å². The van der Waals surface area contributed by atoms with Crippen molar-refractivity contribution in [1.29, 1.82) is 0 Å². The second-order valence-corrected chi connectivity index (χ2v) is 3.83. The molecule has 2 atom stereocenters. The number of likely N-dealkylation sites (N-methyl/N-ethyl adjacent to an activating group) is 1. The minimum Gasteiger partial charge on any atom is -0.395 e. The van der Waals surface area contributed by atoms with Crippen molar-refractivity contribution in [1.82, 2.24) is 4.90 Å². The van der Waals surface area contributed by atoms with E-state index in [2.05, 4.69) is 18.7 Å². The van der Waals surface area contributed by atoms with Gasteiger partial charge in [-0.1, -0.05) is 20.3 Å². The Kier molecular flexibility index (Phi) is 4.02. The fraction of sp³-hybridized carbons (Fsp3) is 1.00. The third-order valence-electron chi connectivity index (χ3n) is 3.08. The predicted molar refractivity (Wildman–Crippen MR) is 51.1 cm³/mol. The van der Waals surface area contributed by atoms with Crippen molar-refractivity contribution < 1.29 is 5.11 Å². The lowest BCUT2D eigenvalue weighted by atomic mass is 10.0. The fourth-order valence-electron chi connectivity index (χ4n) is 2.36. The molecular weight excluding hydrogens is 150 g/mol. The molecule has 12 heavy (non-hydrogen) atoms. The lowest BCUT2D eigenvalue weighted by molar-refractivity contribution is 0.137. The first kappa shape index (κ1) is 10.0. The molecule has 1 aliphatic rings. The Morgan fingerprint density at radius 3 is 2.58 bits per heavy atom. The first-order valence-corrected chi connectivity index (χ1v) is 5.14. The molecular formula is C10H21NO. The first-order chi connectivity index (χ1) is 5.79. The molecule has 0 unspecified atom stereocenters. The van der Waals surface area contributed by atoms with E-state index in [1.165, 1.54) is 19.3 Å². The zero-order valence-electron chi connectivity index (χ0n) is 8.29. The number of hydrogen-bond donors (Lipinski definition) is 1. The van der Waals surface area contributed by atoms with Gasteiger partial charge in [-0.2, -0.15) is 0 Å². The summed E-state index contributed by atoms with van der Waals surface area (Å²) in [4.78, 5) is 2.41. The molecule has 1 saturated carbocycles. The summed E-state index contributed by atoms with van der Waals surface area (Å²) in [5, 5.41) is 8.87. The predicted octanol–water partition coefficient (Wildman–Crippen LogP) is 1.49. The number of rotatable bonds is 4. The van der Waals surface area contributed by atoms with E-state index in [0.717, 1.165) is 25.0 Å². The Bertz CT molecular complexity index is 127. The summed E-state index contributed by atoms with van der Waals surface area (Å²) in [6.07, 6.45) is 4.06. The lowest BCUT2D eigenvalue weighted by Crippen LogP contribution is -2.38. The van der Waals surface area contributed by atoms with E-state index in [1.807, 2.05) is 0 Å². The van der Waals surface area contributed by atoms with Gasteiger partial charge in [0.25, 0.3) is 0 Å². The van der Waals surface area contributed by atoms with Crippen LogP contribution >= 0.6 is 0 Å². The minimum atomic E-state index is 0.303. The van der Waals surface area contributed by atoms with Gasteiger partial charge in [-0.25, -0.2) is 0 Å². The zero-order valence-corrected chi connectivity index (χ0v) is 8.29. The average Bonchev–Trinajstić information content (AvgIpc) is 2.47. The van der Waals surface area contributed by atoms with E-state index in [0.29, 0.717) is 6.61 Å². The highest BCUT2D eigenvalue weighted by atomic mass is 16.3. The van der Waals surface area contributed by atoms with Crippen LogP contribution in [0.4, 0.5) is 0 Å². The quantitative estimate of drug-likeness (QED) is 0.692. The van der Waals surface area contributed by atoms with Gasteiger partial charge in [-0.3, -0.25) is 4.90 Å². The van der Waals surface area contributed by atoms with Crippen LogP contribution in [0.3, 0.4) is 0 Å². The van der Waals surface area contributed by atoms with Gasteiger partial charge in [0.15, 0.2) is 0 Å². The summed E-state index contributed by atoms with van der Waals surface area (Å²) in [5.74, 6) is 0.830. The standard InChI is InChI=1S/C10H21NO/c1-3-11(7-8-12)10-6-4-5-9(10)2/h9-10,12H,3-8H2,1-2H3/t9-,10+/m0/s1. The summed E-state index contributed by atoms with van der Waals surface area (Å²) in [5.41, 5.74) is 0. The zero-order chi connectivity index (χ0) is 8.97. The molecule has 1 N–H and O–H groups in total. The molecule has 1 fully saturated rings. The van der Waals surface area contributed by atoms with Crippen molar-refractivity contribution >= 4 is 0 Å². The molecule has 0 aromatic heterocycles. The van der Waals surface area contributed by atoms with Crippen molar-refractivity contribution in [2.45, 2.75) is 39.2 Å². The van der Waals surface area contributed by atoms with Gasteiger partial charge in [0.1, 0.15) is 0 Å². The van der Waals surface area contributed by atoms with Crippen LogP contribution in [0.15, 0.2) is 0 Å².